The Morgan fingerprint density at radius 3 is 2.20 bits per heavy atom. The van der Waals surface area contributed by atoms with E-state index < -0.39 is 17.5 Å². The summed E-state index contributed by atoms with van der Waals surface area (Å²) in [7, 11) is 0. The van der Waals surface area contributed by atoms with Crippen molar-refractivity contribution in [2.45, 2.75) is 19.4 Å². The lowest BCUT2D eigenvalue weighted by Crippen LogP contribution is -2.11. The van der Waals surface area contributed by atoms with Crippen molar-refractivity contribution < 1.29 is 17.6 Å². The second kappa shape index (κ2) is 5.94. The largest absolute Gasteiger partial charge is 0.376 e. The molecule has 1 unspecified atom stereocenters. The van der Waals surface area contributed by atoms with Crippen LogP contribution in [0, 0.1) is 23.3 Å². The summed E-state index contributed by atoms with van der Waals surface area (Å²) >= 11 is 0. The molecule has 0 heterocycles. The van der Waals surface area contributed by atoms with Gasteiger partial charge in [-0.25, -0.2) is 17.6 Å². The topological polar surface area (TPSA) is 12.0 Å². The molecule has 0 saturated heterocycles. The summed E-state index contributed by atoms with van der Waals surface area (Å²) in [6.07, 6.45) is 0.545. The maximum absolute atomic E-state index is 13.6. The maximum atomic E-state index is 13.6. The van der Waals surface area contributed by atoms with E-state index in [4.69, 9.17) is 0 Å². The molecule has 20 heavy (non-hydrogen) atoms. The number of anilines is 1. The third kappa shape index (κ3) is 3.10. The van der Waals surface area contributed by atoms with E-state index >= 15 is 0 Å². The minimum Gasteiger partial charge on any atom is -0.376 e. The number of rotatable bonds is 4. The van der Waals surface area contributed by atoms with E-state index in [-0.39, 0.29) is 17.5 Å². The average molecular weight is 283 g/mol. The van der Waals surface area contributed by atoms with E-state index in [2.05, 4.69) is 5.32 Å². The van der Waals surface area contributed by atoms with Crippen LogP contribution in [0.3, 0.4) is 0 Å². The number of halogens is 4. The molecule has 2 aromatic carbocycles. The van der Waals surface area contributed by atoms with E-state index in [9.17, 15) is 17.6 Å². The second-order valence-electron chi connectivity index (χ2n) is 4.41. The summed E-state index contributed by atoms with van der Waals surface area (Å²) in [6.45, 7) is 1.83. The molecule has 0 saturated carbocycles. The molecule has 5 heteroatoms. The van der Waals surface area contributed by atoms with Gasteiger partial charge < -0.3 is 5.32 Å². The molecule has 0 aromatic heterocycles. The summed E-state index contributed by atoms with van der Waals surface area (Å²) in [4.78, 5) is 0. The van der Waals surface area contributed by atoms with Gasteiger partial charge in [0, 0.05) is 12.1 Å². The smallest absolute Gasteiger partial charge is 0.182 e. The monoisotopic (exact) mass is 283 g/mol. The molecule has 106 valence electrons. The zero-order valence-corrected chi connectivity index (χ0v) is 10.8. The first kappa shape index (κ1) is 14.4. The SMILES string of the molecule is CCC(Nc1cc(F)cc(F)c1F)c1ccc(F)cc1. The van der Waals surface area contributed by atoms with E-state index in [1.807, 2.05) is 6.92 Å². The fraction of sp³-hybridized carbons (Fsp3) is 0.200. The maximum Gasteiger partial charge on any atom is 0.182 e. The van der Waals surface area contributed by atoms with Gasteiger partial charge in [0.1, 0.15) is 11.6 Å². The van der Waals surface area contributed by atoms with Gasteiger partial charge in [-0.15, -0.1) is 0 Å². The molecule has 0 fully saturated rings. The first-order valence-corrected chi connectivity index (χ1v) is 6.17. The Hall–Kier alpha value is -2.04. The van der Waals surface area contributed by atoms with E-state index in [1.165, 1.54) is 12.1 Å². The van der Waals surface area contributed by atoms with Crippen LogP contribution in [0.2, 0.25) is 0 Å². The Morgan fingerprint density at radius 2 is 1.60 bits per heavy atom. The Labute approximate surface area is 114 Å². The van der Waals surface area contributed by atoms with Crippen LogP contribution in [-0.2, 0) is 0 Å². The first-order valence-electron chi connectivity index (χ1n) is 6.17. The standard InChI is InChI=1S/C15H13F4N/c1-2-13(9-3-5-10(16)6-4-9)20-14-8-11(17)7-12(18)15(14)19/h3-8,13,20H,2H2,1H3. The van der Waals surface area contributed by atoms with Gasteiger partial charge in [0.05, 0.1) is 11.7 Å². The summed E-state index contributed by atoms with van der Waals surface area (Å²) in [5.74, 6) is -3.62. The Bertz CT molecular complexity index is 596. The van der Waals surface area contributed by atoms with E-state index in [0.29, 0.717) is 18.1 Å². The lowest BCUT2D eigenvalue weighted by atomic mass is 10.0. The van der Waals surface area contributed by atoms with Crippen LogP contribution in [0.25, 0.3) is 0 Å². The van der Waals surface area contributed by atoms with Gasteiger partial charge in [-0.05, 0) is 24.1 Å². The van der Waals surface area contributed by atoms with Gasteiger partial charge in [-0.2, -0.15) is 0 Å². The van der Waals surface area contributed by atoms with Crippen LogP contribution in [0.1, 0.15) is 24.9 Å². The van der Waals surface area contributed by atoms with Gasteiger partial charge in [0.2, 0.25) is 0 Å². The van der Waals surface area contributed by atoms with Gasteiger partial charge in [0.15, 0.2) is 11.6 Å². The first-order chi connectivity index (χ1) is 9.51. The highest BCUT2D eigenvalue weighted by Crippen LogP contribution is 2.26. The number of hydrogen-bond acceptors (Lipinski definition) is 1. The molecule has 0 radical (unpaired) electrons. The van der Waals surface area contributed by atoms with Crippen molar-refractivity contribution in [2.75, 3.05) is 5.32 Å². The summed E-state index contributed by atoms with van der Waals surface area (Å²) in [5, 5.41) is 2.74. The minimum atomic E-state index is -1.25. The molecule has 1 nitrogen and oxygen atoms in total. The summed E-state index contributed by atoms with van der Waals surface area (Å²) in [5.41, 5.74) is 0.455. The van der Waals surface area contributed by atoms with Gasteiger partial charge in [-0.1, -0.05) is 19.1 Å². The van der Waals surface area contributed by atoms with Crippen LogP contribution in [0.5, 0.6) is 0 Å². The van der Waals surface area contributed by atoms with Crippen molar-refractivity contribution >= 4 is 5.69 Å². The van der Waals surface area contributed by atoms with Gasteiger partial charge >= 0.3 is 0 Å². The predicted octanol–water partition coefficient (Wildman–Crippen LogP) is 4.81. The zero-order chi connectivity index (χ0) is 14.7. The molecular weight excluding hydrogens is 270 g/mol. The quantitative estimate of drug-likeness (QED) is 0.627. The number of hydrogen-bond donors (Lipinski definition) is 1. The Kier molecular flexibility index (Phi) is 4.27. The van der Waals surface area contributed by atoms with E-state index in [1.54, 1.807) is 12.1 Å². The molecule has 0 aliphatic rings. The Morgan fingerprint density at radius 1 is 0.950 bits per heavy atom. The van der Waals surface area contributed by atoms with Crippen LogP contribution < -0.4 is 5.32 Å². The molecule has 2 aromatic rings. The lowest BCUT2D eigenvalue weighted by molar-refractivity contribution is 0.496. The van der Waals surface area contributed by atoms with Crippen molar-refractivity contribution in [3.8, 4) is 0 Å². The summed E-state index contributed by atoms with van der Waals surface area (Å²) in [6, 6.07) is 6.66. The molecular formula is C15H13F4N. The van der Waals surface area contributed by atoms with Crippen LogP contribution in [-0.4, -0.2) is 0 Å². The normalized spacial score (nSPS) is 12.2. The fourth-order valence-corrected chi connectivity index (χ4v) is 1.96. The molecule has 0 aliphatic heterocycles. The minimum absolute atomic E-state index is 0.251. The highest BCUT2D eigenvalue weighted by molar-refractivity contribution is 5.47. The third-order valence-electron chi connectivity index (χ3n) is 3.00. The van der Waals surface area contributed by atoms with Crippen molar-refractivity contribution in [1.82, 2.24) is 0 Å². The highest BCUT2D eigenvalue weighted by atomic mass is 19.2. The second-order valence-corrected chi connectivity index (χ2v) is 4.41. The van der Waals surface area contributed by atoms with Crippen molar-refractivity contribution in [3.63, 3.8) is 0 Å². The molecule has 0 spiro atoms. The number of nitrogens with one attached hydrogen (secondary N) is 1. The van der Waals surface area contributed by atoms with Crippen LogP contribution in [0.4, 0.5) is 23.2 Å². The van der Waals surface area contributed by atoms with Crippen LogP contribution in [0.15, 0.2) is 36.4 Å². The van der Waals surface area contributed by atoms with Gasteiger partial charge in [-0.3, -0.25) is 0 Å². The average Bonchev–Trinajstić information content (AvgIpc) is 2.42. The van der Waals surface area contributed by atoms with E-state index in [0.717, 1.165) is 6.07 Å². The van der Waals surface area contributed by atoms with Crippen LogP contribution >= 0.6 is 0 Å². The lowest BCUT2D eigenvalue weighted by Gasteiger charge is -2.19. The van der Waals surface area contributed by atoms with Gasteiger partial charge in [0.25, 0.3) is 0 Å². The summed E-state index contributed by atoms with van der Waals surface area (Å²) < 4.78 is 52.7. The van der Waals surface area contributed by atoms with Crippen molar-refractivity contribution in [3.05, 3.63) is 65.2 Å². The predicted molar refractivity (Wildman–Crippen MR) is 69.4 cm³/mol. The zero-order valence-electron chi connectivity index (χ0n) is 10.8. The number of benzene rings is 2. The molecule has 0 bridgehead atoms. The molecule has 0 amide bonds. The third-order valence-corrected chi connectivity index (χ3v) is 3.00. The molecule has 1 N–H and O–H groups in total. The molecule has 0 aliphatic carbocycles. The molecule has 2 rings (SSSR count). The van der Waals surface area contributed by atoms with Crippen molar-refractivity contribution in [1.29, 1.82) is 0 Å². The fourth-order valence-electron chi connectivity index (χ4n) is 1.96. The highest BCUT2D eigenvalue weighted by Gasteiger charge is 2.15. The van der Waals surface area contributed by atoms with Crippen molar-refractivity contribution in [2.24, 2.45) is 0 Å². The Balaban J connectivity index is 2.29. The molecule has 1 atom stereocenters.